The standard InChI is InChI=1S/C45H34N10O29S8/c1-17(56)47-19-3-6-25(32(11-19)87(66,67)68)48-53-39-34(89(72,73)74)10-18-9-31(86(63,64)65)28(13-22(18)43(39)58)51-52-29-16-30(85(60,61)62)24-15-36(91(78,79)80)41(44(59)37(24)38(29)46)55-50-27-8-5-21-23(45(27)92(81,82)83)14-35(90(75,76)77)40(42(21)57)54-49-26-7-4-20(84-2)12-33(26)88(69,70)71/h3-16,57-59H,46H2,1-2H3,(H,47,56)(H,60,61,62)(H,63,64,65)(H,66,67,68)(H,69,70,71)(H,72,73,74)(H,75,76,77)(H,78,79,80)(H,81,82,83)/b52-51-,53-48-,54-49-,55-50-. The van der Waals surface area contributed by atoms with E-state index in [4.69, 9.17) is 10.5 Å². The molecule has 39 nitrogen and oxygen atoms in total. The highest BCUT2D eigenvalue weighted by Crippen LogP contribution is 2.51. The molecule has 0 fully saturated rings. The third-order valence-corrected chi connectivity index (χ3v) is 19.4. The van der Waals surface area contributed by atoms with Crippen LogP contribution in [0.5, 0.6) is 23.0 Å². The minimum atomic E-state index is -5.86. The van der Waals surface area contributed by atoms with Gasteiger partial charge in [0.2, 0.25) is 5.91 Å². The van der Waals surface area contributed by atoms with Crippen LogP contribution in [0.15, 0.2) is 165 Å². The van der Waals surface area contributed by atoms with Crippen molar-refractivity contribution in [2.45, 2.75) is 46.1 Å². The molecule has 0 aromatic heterocycles. The van der Waals surface area contributed by atoms with Crippen LogP contribution in [-0.2, 0) is 85.7 Å². The van der Waals surface area contributed by atoms with Crippen molar-refractivity contribution in [3.63, 3.8) is 0 Å². The van der Waals surface area contributed by atoms with E-state index < -0.39 is 227 Å². The molecule has 0 unspecified atom stereocenters. The lowest BCUT2D eigenvalue weighted by Crippen LogP contribution is -2.07. The van der Waals surface area contributed by atoms with E-state index in [1.165, 1.54) is 0 Å². The Morgan fingerprint density at radius 1 is 0.391 bits per heavy atom. The number of ether oxygens (including phenoxy) is 1. The van der Waals surface area contributed by atoms with E-state index in [9.17, 15) is 124 Å². The molecule has 0 aliphatic carbocycles. The second kappa shape index (κ2) is 23.7. The number of hydrogen-bond acceptors (Lipinski definition) is 30. The van der Waals surface area contributed by atoms with E-state index in [2.05, 4.69) is 46.2 Å². The molecule has 1 amide bonds. The number of nitrogen functional groups attached to an aromatic ring is 1. The average Bonchev–Trinajstić information content (AvgIpc) is 0.749. The molecule has 0 spiro atoms. The summed E-state index contributed by atoms with van der Waals surface area (Å²) < 4.78 is 290. The number of nitrogens with one attached hydrogen (secondary N) is 1. The Labute approximate surface area is 514 Å². The van der Waals surface area contributed by atoms with Crippen molar-refractivity contribution < 1.29 is 129 Å². The van der Waals surface area contributed by atoms with Gasteiger partial charge in [-0.05, 0) is 84.2 Å². The fourth-order valence-corrected chi connectivity index (χ4v) is 13.9. The summed E-state index contributed by atoms with van der Waals surface area (Å²) in [4.78, 5) is 0.555. The molecular formula is C45H34N10O29S8. The molecule has 0 radical (unpaired) electrons. The number of phenolic OH excluding ortho intramolecular Hbond substituents is 3. The summed E-state index contributed by atoms with van der Waals surface area (Å²) in [6, 6.07) is 8.53. The number of benzene rings is 8. The quantitative estimate of drug-likeness (QED) is 0.0225. The lowest BCUT2D eigenvalue weighted by Gasteiger charge is -2.15. The molecule has 47 heteroatoms. The van der Waals surface area contributed by atoms with Gasteiger partial charge in [-0.2, -0.15) is 67.3 Å². The van der Waals surface area contributed by atoms with Crippen LogP contribution in [0.3, 0.4) is 0 Å². The van der Waals surface area contributed by atoms with E-state index in [-0.39, 0.29) is 29.6 Å². The maximum atomic E-state index is 13.1. The van der Waals surface area contributed by atoms with Crippen LogP contribution in [0.2, 0.25) is 0 Å². The zero-order valence-corrected chi connectivity index (χ0v) is 51.3. The predicted molar refractivity (Wildman–Crippen MR) is 310 cm³/mol. The normalized spacial score (nSPS) is 13.4. The Hall–Kier alpha value is -9.31. The van der Waals surface area contributed by atoms with E-state index in [0.717, 1.165) is 44.4 Å². The Kier molecular flexibility index (Phi) is 17.7. The molecule has 0 saturated carbocycles. The summed E-state index contributed by atoms with van der Waals surface area (Å²) in [6.07, 6.45) is 0. The van der Waals surface area contributed by atoms with Crippen LogP contribution >= 0.6 is 0 Å². The first-order valence-electron chi connectivity index (χ1n) is 23.5. The smallest absolute Gasteiger partial charge is 0.297 e. The topological polar surface area (TPSA) is 659 Å². The summed E-state index contributed by atoms with van der Waals surface area (Å²) in [5.74, 6) is -5.32. The Morgan fingerprint density at radius 2 is 0.793 bits per heavy atom. The minimum Gasteiger partial charge on any atom is -0.505 e. The first-order chi connectivity index (χ1) is 42.1. The zero-order chi connectivity index (χ0) is 68.7. The lowest BCUT2D eigenvalue weighted by molar-refractivity contribution is -0.114. The molecule has 0 atom stereocenters. The molecule has 92 heavy (non-hydrogen) atoms. The van der Waals surface area contributed by atoms with Gasteiger partial charge in [-0.1, -0.05) is 0 Å². The average molecular weight is 1440 g/mol. The van der Waals surface area contributed by atoms with Gasteiger partial charge >= 0.3 is 0 Å². The van der Waals surface area contributed by atoms with Crippen molar-refractivity contribution in [1.29, 1.82) is 0 Å². The maximum absolute atomic E-state index is 13.1. The molecule has 0 aliphatic rings. The van der Waals surface area contributed by atoms with Crippen molar-refractivity contribution in [1.82, 2.24) is 0 Å². The van der Waals surface area contributed by atoms with Crippen LogP contribution < -0.4 is 15.8 Å². The first kappa shape index (κ1) is 68.6. The fourth-order valence-electron chi connectivity index (χ4n) is 8.48. The van der Waals surface area contributed by atoms with Gasteiger partial charge < -0.3 is 31.1 Å². The van der Waals surface area contributed by atoms with Crippen molar-refractivity contribution >= 4 is 176 Å². The van der Waals surface area contributed by atoms with Gasteiger partial charge in [0.1, 0.15) is 90.4 Å². The minimum absolute atomic E-state index is 0.156. The van der Waals surface area contributed by atoms with Crippen LogP contribution in [-0.4, -0.2) is 132 Å². The highest BCUT2D eigenvalue weighted by atomic mass is 32.2. The third-order valence-electron chi connectivity index (χ3n) is 12.3. The highest BCUT2D eigenvalue weighted by Gasteiger charge is 2.33. The summed E-state index contributed by atoms with van der Waals surface area (Å²) >= 11 is 0. The van der Waals surface area contributed by atoms with Crippen LogP contribution in [0.4, 0.5) is 56.9 Å². The van der Waals surface area contributed by atoms with Gasteiger partial charge in [-0.3, -0.25) is 41.2 Å². The van der Waals surface area contributed by atoms with Crippen molar-refractivity contribution in [2.24, 2.45) is 40.9 Å². The van der Waals surface area contributed by atoms with Crippen molar-refractivity contribution in [2.75, 3.05) is 18.2 Å². The monoisotopic (exact) mass is 1430 g/mol. The molecule has 0 bridgehead atoms. The number of carbonyl (C=O) groups is 1. The molecule has 8 aromatic rings. The Balaban J connectivity index is 1.33. The SMILES string of the molecule is COc1ccc(/N=N\c2c(S(=O)(=O)O)cc3c(S(=O)(=O)O)c(/N=N\c4c(S(=O)(=O)O)cc5c(S(=O)(=O)O)cc(/N=N\c6cc7c(O)c(/N=N\c8ccc(NC(C)=O)cc8S(=O)(=O)O)c(S(=O)(=O)O)cc7cc6S(=O)(=O)O)c(N)c5c4O)ccc3c2O)c(S(=O)(=O)O)c1. The number of methoxy groups -OCH3 is 1. The molecule has 14 N–H and O–H groups in total. The summed E-state index contributed by atoms with van der Waals surface area (Å²) in [6.45, 7) is 1.04. The second-order valence-electron chi connectivity index (χ2n) is 18.3. The summed E-state index contributed by atoms with van der Waals surface area (Å²) in [7, 11) is -43.7. The van der Waals surface area contributed by atoms with Crippen molar-refractivity contribution in [3.05, 3.63) is 84.9 Å². The Bertz CT molecular complexity index is 5730. The lowest BCUT2D eigenvalue weighted by atomic mass is 10.0. The first-order valence-corrected chi connectivity index (χ1v) is 35.0. The molecule has 0 heterocycles. The van der Waals surface area contributed by atoms with Gasteiger partial charge in [-0.25, -0.2) is 0 Å². The number of azo groups is 4. The maximum Gasteiger partial charge on any atom is 0.297 e. The second-order valence-corrected chi connectivity index (χ2v) is 29.4. The largest absolute Gasteiger partial charge is 0.505 e. The summed E-state index contributed by atoms with van der Waals surface area (Å²) in [5.41, 5.74) is -4.01. The van der Waals surface area contributed by atoms with E-state index >= 15 is 0 Å². The molecular weight excluding hydrogens is 1400 g/mol. The number of aromatic hydroxyl groups is 3. The van der Waals surface area contributed by atoms with Crippen LogP contribution in [0.25, 0.3) is 32.3 Å². The van der Waals surface area contributed by atoms with Crippen LogP contribution in [0.1, 0.15) is 6.92 Å². The van der Waals surface area contributed by atoms with Gasteiger partial charge in [0.05, 0.1) is 18.2 Å². The molecule has 0 saturated heterocycles. The van der Waals surface area contributed by atoms with Gasteiger partial charge in [-0.15, -0.1) is 40.9 Å². The number of phenols is 3. The van der Waals surface area contributed by atoms with E-state index in [1.807, 2.05) is 0 Å². The number of nitrogens with zero attached hydrogens (tertiary/aromatic N) is 8. The van der Waals surface area contributed by atoms with Gasteiger partial charge in [0.25, 0.3) is 80.9 Å². The predicted octanol–water partition coefficient (Wildman–Crippen LogP) is 7.45. The molecule has 0 aliphatic heterocycles. The number of nitrogens with two attached hydrogens (primary N) is 1. The number of hydrogen-bond donors (Lipinski definition) is 13. The number of amides is 1. The molecule has 486 valence electrons. The third kappa shape index (κ3) is 13.9. The van der Waals surface area contributed by atoms with E-state index in [1.54, 1.807) is 0 Å². The number of anilines is 2. The number of carbonyl (C=O) groups excluding carboxylic acids is 1. The molecule has 8 rings (SSSR count). The van der Waals surface area contributed by atoms with Gasteiger partial charge in [0.15, 0.2) is 17.2 Å². The van der Waals surface area contributed by atoms with Gasteiger partial charge in [0, 0.05) is 40.2 Å². The number of fused-ring (bicyclic) bond motifs is 3. The highest BCUT2D eigenvalue weighted by molar-refractivity contribution is 7.88. The Morgan fingerprint density at radius 3 is 1.28 bits per heavy atom. The fraction of sp³-hybridized carbons (Fsp3) is 0.0444. The van der Waals surface area contributed by atoms with E-state index in [0.29, 0.717) is 36.4 Å². The summed E-state index contributed by atoms with van der Waals surface area (Å²) in [5, 5.41) is 59.5. The van der Waals surface area contributed by atoms with Crippen molar-refractivity contribution in [3.8, 4) is 23.0 Å². The zero-order valence-electron chi connectivity index (χ0n) is 44.8. The van der Waals surface area contributed by atoms with Crippen LogP contribution in [0, 0.1) is 0 Å². The number of rotatable bonds is 18. The molecule has 8 aromatic carbocycles.